The van der Waals surface area contributed by atoms with Gasteiger partial charge in [0.25, 0.3) is 0 Å². The lowest BCUT2D eigenvalue weighted by Gasteiger charge is -2.11. The smallest absolute Gasteiger partial charge is 0.195 e. The Labute approximate surface area is 97.8 Å². The van der Waals surface area contributed by atoms with Crippen molar-refractivity contribution in [3.63, 3.8) is 0 Å². The van der Waals surface area contributed by atoms with Crippen LogP contribution in [0.4, 0.5) is 26.3 Å². The van der Waals surface area contributed by atoms with Crippen molar-refractivity contribution in [2.45, 2.75) is 6.42 Å². The van der Waals surface area contributed by atoms with Gasteiger partial charge in [0.2, 0.25) is 0 Å². The quantitative estimate of drug-likeness (QED) is 0.413. The standard InChI is InChI=1S/C12H5F6/c1-2-4-7-5(13)3-6(14)10(16)8(7)11(17)12(18)9(4)15/h3H,1-2H2. The zero-order chi connectivity index (χ0) is 13.6. The van der Waals surface area contributed by atoms with Crippen molar-refractivity contribution < 1.29 is 26.3 Å². The average Bonchev–Trinajstić information content (AvgIpc) is 2.33. The maximum absolute atomic E-state index is 13.5. The first-order chi connectivity index (χ1) is 8.40. The Kier molecular flexibility index (Phi) is 2.96. The molecule has 18 heavy (non-hydrogen) atoms. The lowest BCUT2D eigenvalue weighted by atomic mass is 9.99. The Morgan fingerprint density at radius 1 is 0.722 bits per heavy atom. The summed E-state index contributed by atoms with van der Waals surface area (Å²) in [7, 11) is 0. The fourth-order valence-corrected chi connectivity index (χ4v) is 1.78. The molecule has 0 fully saturated rings. The highest BCUT2D eigenvalue weighted by atomic mass is 19.2. The fraction of sp³-hybridized carbons (Fsp3) is 0.0833. The molecule has 1 radical (unpaired) electrons. The van der Waals surface area contributed by atoms with Crippen LogP contribution in [-0.2, 0) is 6.42 Å². The van der Waals surface area contributed by atoms with Crippen LogP contribution in [0.15, 0.2) is 6.07 Å². The van der Waals surface area contributed by atoms with Crippen LogP contribution in [0.2, 0.25) is 0 Å². The second-order valence-electron chi connectivity index (χ2n) is 3.57. The molecule has 0 N–H and O–H groups in total. The van der Waals surface area contributed by atoms with E-state index in [9.17, 15) is 26.3 Å². The van der Waals surface area contributed by atoms with Gasteiger partial charge in [-0.05, 0) is 13.3 Å². The SMILES string of the molecule is [CH2]Cc1c(F)c(F)c(F)c2c(F)c(F)cc(F)c12. The fourth-order valence-electron chi connectivity index (χ4n) is 1.78. The molecule has 95 valence electrons. The minimum Gasteiger partial charge on any atom is -0.206 e. The Morgan fingerprint density at radius 3 is 1.89 bits per heavy atom. The van der Waals surface area contributed by atoms with Gasteiger partial charge in [0.05, 0.1) is 5.39 Å². The van der Waals surface area contributed by atoms with E-state index >= 15 is 0 Å². The summed E-state index contributed by atoms with van der Waals surface area (Å²) in [6, 6.07) is 0.146. The summed E-state index contributed by atoms with van der Waals surface area (Å²) in [5, 5.41) is -2.08. The van der Waals surface area contributed by atoms with Gasteiger partial charge in [0.15, 0.2) is 29.1 Å². The van der Waals surface area contributed by atoms with E-state index in [1.807, 2.05) is 0 Å². The third-order valence-electron chi connectivity index (χ3n) is 2.59. The summed E-state index contributed by atoms with van der Waals surface area (Å²) in [6.07, 6.45) is -0.443. The van der Waals surface area contributed by atoms with Crippen LogP contribution in [0.5, 0.6) is 0 Å². The van der Waals surface area contributed by atoms with E-state index in [2.05, 4.69) is 6.92 Å². The summed E-state index contributed by atoms with van der Waals surface area (Å²) in [5.74, 6) is -10.4. The molecular formula is C12H5F6. The Balaban J connectivity index is 3.15. The maximum Gasteiger partial charge on any atom is 0.195 e. The van der Waals surface area contributed by atoms with Gasteiger partial charge in [-0.3, -0.25) is 0 Å². The molecule has 0 heterocycles. The first kappa shape index (κ1) is 12.7. The molecule has 2 aromatic rings. The Hall–Kier alpha value is -1.72. The van der Waals surface area contributed by atoms with Crippen molar-refractivity contribution in [3.8, 4) is 0 Å². The van der Waals surface area contributed by atoms with Gasteiger partial charge in [0, 0.05) is 17.0 Å². The predicted octanol–water partition coefficient (Wildman–Crippen LogP) is 4.05. The van der Waals surface area contributed by atoms with Gasteiger partial charge in [0.1, 0.15) is 5.82 Å². The van der Waals surface area contributed by atoms with Crippen molar-refractivity contribution in [3.05, 3.63) is 53.5 Å². The van der Waals surface area contributed by atoms with Gasteiger partial charge in [-0.1, -0.05) is 0 Å². The van der Waals surface area contributed by atoms with E-state index in [4.69, 9.17) is 0 Å². The third-order valence-corrected chi connectivity index (χ3v) is 2.59. The lowest BCUT2D eigenvalue weighted by molar-refractivity contribution is 0.441. The zero-order valence-electron chi connectivity index (χ0n) is 8.76. The van der Waals surface area contributed by atoms with Crippen molar-refractivity contribution in [2.24, 2.45) is 0 Å². The molecule has 2 aromatic carbocycles. The lowest BCUT2D eigenvalue weighted by Crippen LogP contribution is -2.04. The van der Waals surface area contributed by atoms with Crippen LogP contribution >= 0.6 is 0 Å². The summed E-state index contributed by atoms with van der Waals surface area (Å²) < 4.78 is 79.7. The number of hydrogen-bond acceptors (Lipinski definition) is 0. The zero-order valence-corrected chi connectivity index (χ0v) is 8.76. The molecule has 0 nitrogen and oxygen atoms in total. The monoisotopic (exact) mass is 263 g/mol. The van der Waals surface area contributed by atoms with Crippen LogP contribution < -0.4 is 0 Å². The Bertz CT molecular complexity index is 647. The molecule has 0 aliphatic carbocycles. The normalized spacial score (nSPS) is 11.3. The van der Waals surface area contributed by atoms with E-state index in [0.29, 0.717) is 0 Å². The second-order valence-corrected chi connectivity index (χ2v) is 3.57. The Morgan fingerprint density at radius 2 is 1.33 bits per heavy atom. The predicted molar refractivity (Wildman–Crippen MR) is 52.8 cm³/mol. The van der Waals surface area contributed by atoms with E-state index in [1.54, 1.807) is 0 Å². The summed E-state index contributed by atoms with van der Waals surface area (Å²) in [4.78, 5) is 0. The van der Waals surface area contributed by atoms with Crippen molar-refractivity contribution >= 4 is 10.8 Å². The highest BCUT2D eigenvalue weighted by molar-refractivity contribution is 5.88. The molecule has 0 spiro atoms. The van der Waals surface area contributed by atoms with Gasteiger partial charge in [-0.2, -0.15) is 0 Å². The number of halogens is 6. The second kappa shape index (κ2) is 4.19. The molecule has 0 aliphatic rings. The van der Waals surface area contributed by atoms with Crippen molar-refractivity contribution in [1.29, 1.82) is 0 Å². The van der Waals surface area contributed by atoms with Crippen LogP contribution in [0.1, 0.15) is 5.56 Å². The largest absolute Gasteiger partial charge is 0.206 e. The van der Waals surface area contributed by atoms with Gasteiger partial charge in [-0.25, -0.2) is 26.3 Å². The highest BCUT2D eigenvalue weighted by Crippen LogP contribution is 2.33. The third kappa shape index (κ3) is 1.55. The minimum absolute atomic E-state index is 0.146. The summed E-state index contributed by atoms with van der Waals surface area (Å²) >= 11 is 0. The van der Waals surface area contributed by atoms with Crippen LogP contribution in [0, 0.1) is 41.8 Å². The van der Waals surface area contributed by atoms with E-state index < -0.39 is 57.7 Å². The number of rotatable bonds is 1. The molecular weight excluding hydrogens is 258 g/mol. The minimum atomic E-state index is -1.98. The number of fused-ring (bicyclic) bond motifs is 1. The van der Waals surface area contributed by atoms with Crippen molar-refractivity contribution in [1.82, 2.24) is 0 Å². The van der Waals surface area contributed by atoms with Crippen LogP contribution in [0.3, 0.4) is 0 Å². The molecule has 2 rings (SSSR count). The molecule has 0 amide bonds. The van der Waals surface area contributed by atoms with Crippen LogP contribution in [0.25, 0.3) is 10.8 Å². The van der Waals surface area contributed by atoms with E-state index in [0.717, 1.165) is 0 Å². The van der Waals surface area contributed by atoms with E-state index in [-0.39, 0.29) is 6.07 Å². The van der Waals surface area contributed by atoms with Gasteiger partial charge >= 0.3 is 0 Å². The summed E-state index contributed by atoms with van der Waals surface area (Å²) in [6.45, 7) is 3.22. The average molecular weight is 263 g/mol. The topological polar surface area (TPSA) is 0 Å². The van der Waals surface area contributed by atoms with Gasteiger partial charge < -0.3 is 0 Å². The van der Waals surface area contributed by atoms with Crippen molar-refractivity contribution in [2.75, 3.05) is 0 Å². The molecule has 0 unspecified atom stereocenters. The molecule has 6 heteroatoms. The molecule has 0 atom stereocenters. The maximum atomic E-state index is 13.5. The van der Waals surface area contributed by atoms with Crippen LogP contribution in [-0.4, -0.2) is 0 Å². The van der Waals surface area contributed by atoms with E-state index in [1.165, 1.54) is 0 Å². The molecule has 0 bridgehead atoms. The highest BCUT2D eigenvalue weighted by Gasteiger charge is 2.25. The number of hydrogen-bond donors (Lipinski definition) is 0. The summed E-state index contributed by atoms with van der Waals surface area (Å²) in [5.41, 5.74) is -0.639. The first-order valence-electron chi connectivity index (χ1n) is 4.81. The first-order valence-corrected chi connectivity index (χ1v) is 4.81. The van der Waals surface area contributed by atoms with Gasteiger partial charge in [-0.15, -0.1) is 0 Å². The number of benzene rings is 2. The molecule has 0 saturated carbocycles. The molecule has 0 aliphatic heterocycles. The molecule has 0 aromatic heterocycles. The molecule has 0 saturated heterocycles.